The van der Waals surface area contributed by atoms with E-state index in [1.165, 1.54) is 122 Å². The van der Waals surface area contributed by atoms with Crippen molar-refractivity contribution in [2.45, 2.75) is 303 Å². The topological polar surface area (TPSA) is 78.9 Å². The predicted molar refractivity (Wildman–Crippen MR) is 330 cm³/mol. The molecule has 0 radical (unpaired) electrons. The number of unbranched alkanes of at least 4 members (excludes halogenated alkanes) is 28. The van der Waals surface area contributed by atoms with Gasteiger partial charge in [0.1, 0.15) is 13.2 Å². The van der Waals surface area contributed by atoms with Crippen molar-refractivity contribution < 1.29 is 28.6 Å². The molecule has 0 bridgehead atoms. The SMILES string of the molecule is CC/C=C\C/C=C\C/C=C\C/C=C\C/C=C\C/C=C\C/C=C\C/C=C\C/C=C\CCCCCCCC(=O)OCC(COC(=O)CCCCCCCCC)OC(=O)CCCCCCCCCCCCCCCCCCCC. The molecule has 0 aromatic heterocycles. The molecule has 434 valence electrons. The zero-order valence-electron chi connectivity index (χ0n) is 49.7. The van der Waals surface area contributed by atoms with Crippen LogP contribution < -0.4 is 0 Å². The Morgan fingerprint density at radius 2 is 0.513 bits per heavy atom. The van der Waals surface area contributed by atoms with E-state index in [1.54, 1.807) is 0 Å². The molecular weight excluding hydrogens is 937 g/mol. The van der Waals surface area contributed by atoms with E-state index in [1.807, 2.05) is 0 Å². The summed E-state index contributed by atoms with van der Waals surface area (Å²) in [6, 6.07) is 0. The molecule has 0 heterocycles. The zero-order valence-corrected chi connectivity index (χ0v) is 49.7. The molecule has 0 aromatic rings. The fraction of sp³-hybridized carbons (Fsp3) is 0.700. The molecule has 0 fully saturated rings. The quantitative estimate of drug-likeness (QED) is 0.0261. The third kappa shape index (κ3) is 60.9. The molecule has 1 atom stereocenters. The molecule has 0 aliphatic heterocycles. The minimum Gasteiger partial charge on any atom is -0.462 e. The molecule has 6 nitrogen and oxygen atoms in total. The second-order valence-corrected chi connectivity index (χ2v) is 21.0. The van der Waals surface area contributed by atoms with Gasteiger partial charge in [-0.1, -0.05) is 297 Å². The summed E-state index contributed by atoms with van der Waals surface area (Å²) in [5.74, 6) is -0.900. The Morgan fingerprint density at radius 1 is 0.276 bits per heavy atom. The van der Waals surface area contributed by atoms with Crippen LogP contribution in [-0.4, -0.2) is 37.2 Å². The van der Waals surface area contributed by atoms with Gasteiger partial charge in [0.2, 0.25) is 0 Å². The Balaban J connectivity index is 4.18. The molecule has 1 unspecified atom stereocenters. The largest absolute Gasteiger partial charge is 0.462 e. The maximum atomic E-state index is 12.8. The first-order valence-corrected chi connectivity index (χ1v) is 31.9. The Kier molecular flexibility index (Phi) is 60.3. The Labute approximate surface area is 470 Å². The zero-order chi connectivity index (χ0) is 55.0. The first-order chi connectivity index (χ1) is 37.5. The minimum atomic E-state index is -0.782. The molecule has 0 rings (SSSR count). The summed E-state index contributed by atoms with van der Waals surface area (Å²) in [6.45, 7) is 6.49. The maximum Gasteiger partial charge on any atom is 0.306 e. The minimum absolute atomic E-state index is 0.0815. The van der Waals surface area contributed by atoms with Crippen molar-refractivity contribution >= 4 is 17.9 Å². The van der Waals surface area contributed by atoms with E-state index in [4.69, 9.17) is 14.2 Å². The summed E-state index contributed by atoms with van der Waals surface area (Å²) in [7, 11) is 0. The van der Waals surface area contributed by atoms with Crippen molar-refractivity contribution in [2.24, 2.45) is 0 Å². The van der Waals surface area contributed by atoms with Crippen LogP contribution in [0.15, 0.2) is 109 Å². The van der Waals surface area contributed by atoms with Crippen LogP contribution in [0.2, 0.25) is 0 Å². The number of carbonyl (C=O) groups excluding carboxylic acids is 3. The van der Waals surface area contributed by atoms with Gasteiger partial charge in [0.05, 0.1) is 0 Å². The normalized spacial score (nSPS) is 12.8. The Morgan fingerprint density at radius 3 is 0.803 bits per heavy atom. The fourth-order valence-electron chi connectivity index (χ4n) is 8.79. The molecular formula is C70H118O6. The average Bonchev–Trinajstić information content (AvgIpc) is 3.42. The van der Waals surface area contributed by atoms with E-state index in [-0.39, 0.29) is 31.1 Å². The lowest BCUT2D eigenvalue weighted by Gasteiger charge is -2.18. The first-order valence-electron chi connectivity index (χ1n) is 31.9. The average molecular weight is 1060 g/mol. The number of carbonyl (C=O) groups is 3. The van der Waals surface area contributed by atoms with Crippen LogP contribution in [0.5, 0.6) is 0 Å². The van der Waals surface area contributed by atoms with Crippen molar-refractivity contribution in [3.05, 3.63) is 109 Å². The van der Waals surface area contributed by atoms with Gasteiger partial charge in [-0.3, -0.25) is 14.4 Å². The lowest BCUT2D eigenvalue weighted by atomic mass is 10.0. The molecule has 0 aromatic carbocycles. The van der Waals surface area contributed by atoms with Crippen molar-refractivity contribution in [2.75, 3.05) is 13.2 Å². The smallest absolute Gasteiger partial charge is 0.306 e. The van der Waals surface area contributed by atoms with Crippen LogP contribution in [0, 0.1) is 0 Å². The van der Waals surface area contributed by atoms with E-state index in [0.717, 1.165) is 135 Å². The molecule has 0 aliphatic rings. The van der Waals surface area contributed by atoms with Crippen molar-refractivity contribution in [1.29, 1.82) is 0 Å². The summed E-state index contributed by atoms with van der Waals surface area (Å²) in [5, 5.41) is 0. The highest BCUT2D eigenvalue weighted by Gasteiger charge is 2.19. The second-order valence-electron chi connectivity index (χ2n) is 21.0. The number of hydrogen-bond acceptors (Lipinski definition) is 6. The fourth-order valence-corrected chi connectivity index (χ4v) is 8.79. The molecule has 0 N–H and O–H groups in total. The van der Waals surface area contributed by atoms with E-state index in [0.29, 0.717) is 19.3 Å². The van der Waals surface area contributed by atoms with Crippen LogP contribution in [0.3, 0.4) is 0 Å². The summed E-state index contributed by atoms with van der Waals surface area (Å²) in [6.07, 6.45) is 86.9. The van der Waals surface area contributed by atoms with E-state index in [9.17, 15) is 14.4 Å². The molecule has 6 heteroatoms. The summed E-state index contributed by atoms with van der Waals surface area (Å²) in [4.78, 5) is 38.0. The van der Waals surface area contributed by atoms with Gasteiger partial charge in [0, 0.05) is 19.3 Å². The third-order valence-electron chi connectivity index (χ3n) is 13.5. The van der Waals surface area contributed by atoms with Crippen LogP contribution in [-0.2, 0) is 28.6 Å². The van der Waals surface area contributed by atoms with E-state index < -0.39 is 6.10 Å². The van der Waals surface area contributed by atoms with Gasteiger partial charge < -0.3 is 14.2 Å². The predicted octanol–water partition coefficient (Wildman–Crippen LogP) is 21.8. The number of hydrogen-bond donors (Lipinski definition) is 0. The van der Waals surface area contributed by atoms with Gasteiger partial charge in [-0.05, 0) is 89.9 Å². The third-order valence-corrected chi connectivity index (χ3v) is 13.5. The van der Waals surface area contributed by atoms with Gasteiger partial charge in [-0.15, -0.1) is 0 Å². The number of ether oxygens (including phenoxy) is 3. The number of esters is 3. The van der Waals surface area contributed by atoms with E-state index in [2.05, 4.69) is 130 Å². The van der Waals surface area contributed by atoms with Gasteiger partial charge in [0.25, 0.3) is 0 Å². The van der Waals surface area contributed by atoms with Crippen molar-refractivity contribution in [3.63, 3.8) is 0 Å². The van der Waals surface area contributed by atoms with Gasteiger partial charge >= 0.3 is 17.9 Å². The molecule has 0 aliphatic carbocycles. The number of allylic oxidation sites excluding steroid dienone is 18. The molecule has 0 saturated heterocycles. The monoisotopic (exact) mass is 1050 g/mol. The molecule has 0 spiro atoms. The van der Waals surface area contributed by atoms with Gasteiger partial charge in [0.15, 0.2) is 6.10 Å². The van der Waals surface area contributed by atoms with Crippen LogP contribution >= 0.6 is 0 Å². The first kappa shape index (κ1) is 72.1. The van der Waals surface area contributed by atoms with Crippen molar-refractivity contribution in [1.82, 2.24) is 0 Å². The molecule has 0 saturated carbocycles. The second kappa shape index (κ2) is 63.6. The standard InChI is InChI=1S/C70H118O6/c1-4-7-10-13-16-18-20-22-24-26-28-29-30-31-32-33-34-35-36-37-38-39-40-41-42-44-45-47-49-51-54-57-60-63-69(72)75-66-67(65-74-68(71)62-59-56-53-15-12-9-6-3)76-70(73)64-61-58-55-52-50-48-46-43-27-25-23-21-19-17-14-11-8-5-2/h7,10,16,18,22,24,28-29,31-32,34-35,37-38,40-41,44-45,67H,4-6,8-9,11-15,17,19-21,23,25-27,30,33,36,39,42-43,46-66H2,1-3H3/b10-7-,18-16-,24-22-,29-28-,32-31-,35-34-,38-37-,41-40-,45-44-. The summed E-state index contributed by atoms with van der Waals surface area (Å²) in [5.41, 5.74) is 0. The molecule has 76 heavy (non-hydrogen) atoms. The number of rotatable bonds is 57. The highest BCUT2D eigenvalue weighted by molar-refractivity contribution is 5.71. The molecule has 0 amide bonds. The maximum absolute atomic E-state index is 12.8. The lowest BCUT2D eigenvalue weighted by Crippen LogP contribution is -2.30. The van der Waals surface area contributed by atoms with Gasteiger partial charge in [-0.25, -0.2) is 0 Å². The van der Waals surface area contributed by atoms with Crippen LogP contribution in [0.25, 0.3) is 0 Å². The Bertz CT molecular complexity index is 1540. The highest BCUT2D eigenvalue weighted by atomic mass is 16.6. The summed E-state index contributed by atoms with van der Waals surface area (Å²) < 4.78 is 16.8. The van der Waals surface area contributed by atoms with Crippen LogP contribution in [0.1, 0.15) is 297 Å². The lowest BCUT2D eigenvalue weighted by molar-refractivity contribution is -0.167. The highest BCUT2D eigenvalue weighted by Crippen LogP contribution is 2.16. The van der Waals surface area contributed by atoms with Crippen LogP contribution in [0.4, 0.5) is 0 Å². The summed E-state index contributed by atoms with van der Waals surface area (Å²) >= 11 is 0. The van der Waals surface area contributed by atoms with Crippen molar-refractivity contribution in [3.8, 4) is 0 Å². The van der Waals surface area contributed by atoms with Gasteiger partial charge in [-0.2, -0.15) is 0 Å². The van der Waals surface area contributed by atoms with E-state index >= 15 is 0 Å². The Hall–Kier alpha value is -3.93.